The first-order valence-electron chi connectivity index (χ1n) is 9.72. The third-order valence-corrected chi connectivity index (χ3v) is 6.14. The molecular weight excluding hydrogens is 396 g/mol. The molecular formula is C19H30N4O5S. The van der Waals surface area contributed by atoms with Gasteiger partial charge >= 0.3 is 5.97 Å². The topological polar surface area (TPSA) is 123 Å². The molecule has 0 saturated carbocycles. The molecule has 2 rings (SSSR count). The van der Waals surface area contributed by atoms with Gasteiger partial charge in [0.1, 0.15) is 11.6 Å². The minimum atomic E-state index is -0.655. The largest absolute Gasteiger partial charge is 0.460 e. The molecule has 0 unspecified atom stereocenters. The molecule has 10 heteroatoms. The molecule has 2 heterocycles. The van der Waals surface area contributed by atoms with E-state index in [1.54, 1.807) is 6.92 Å². The van der Waals surface area contributed by atoms with Gasteiger partial charge in [-0.3, -0.25) is 14.5 Å². The number of amides is 2. The zero-order valence-corrected chi connectivity index (χ0v) is 18.0. The van der Waals surface area contributed by atoms with Crippen LogP contribution in [0.5, 0.6) is 0 Å². The normalized spacial score (nSPS) is 16.7. The Morgan fingerprint density at radius 3 is 2.72 bits per heavy atom. The van der Waals surface area contributed by atoms with Crippen molar-refractivity contribution in [2.45, 2.75) is 32.7 Å². The van der Waals surface area contributed by atoms with E-state index in [1.807, 2.05) is 0 Å². The Morgan fingerprint density at radius 1 is 1.31 bits per heavy atom. The van der Waals surface area contributed by atoms with E-state index in [1.165, 1.54) is 13.5 Å². The number of rotatable bonds is 11. The molecule has 1 saturated heterocycles. The molecule has 1 aliphatic rings. The molecule has 1 aliphatic heterocycles. The molecule has 162 valence electrons. The number of nitrogens with one attached hydrogen (secondary N) is 2. The second-order valence-electron chi connectivity index (χ2n) is 6.86. The molecule has 0 aliphatic carbocycles. The van der Waals surface area contributed by atoms with Gasteiger partial charge < -0.3 is 25.8 Å². The molecule has 1 aromatic heterocycles. The highest BCUT2D eigenvalue weighted by Crippen LogP contribution is 2.33. The van der Waals surface area contributed by atoms with Crippen LogP contribution in [0.15, 0.2) is 0 Å². The maximum absolute atomic E-state index is 12.4. The monoisotopic (exact) mass is 426 g/mol. The summed E-state index contributed by atoms with van der Waals surface area (Å²) in [4.78, 5) is 39.1. The summed E-state index contributed by atoms with van der Waals surface area (Å²) >= 11 is 0.978. The van der Waals surface area contributed by atoms with E-state index in [-0.39, 0.29) is 41.1 Å². The maximum atomic E-state index is 12.4. The zero-order chi connectivity index (χ0) is 21.4. The first kappa shape index (κ1) is 23.3. The highest BCUT2D eigenvalue weighted by molar-refractivity contribution is 7.18. The van der Waals surface area contributed by atoms with E-state index >= 15 is 0 Å². The maximum Gasteiger partial charge on any atom is 0.341 e. The van der Waals surface area contributed by atoms with Crippen LogP contribution >= 0.6 is 11.3 Å². The van der Waals surface area contributed by atoms with Crippen molar-refractivity contribution in [1.82, 2.24) is 10.2 Å². The lowest BCUT2D eigenvalue weighted by atomic mass is 10.1. The molecule has 0 radical (unpaired) electrons. The van der Waals surface area contributed by atoms with Crippen molar-refractivity contribution in [3.05, 3.63) is 16.0 Å². The molecule has 9 nitrogen and oxygen atoms in total. The second-order valence-corrected chi connectivity index (χ2v) is 7.88. The first-order valence-corrected chi connectivity index (χ1v) is 10.5. The van der Waals surface area contributed by atoms with Crippen molar-refractivity contribution in [3.8, 4) is 0 Å². The molecule has 2 amide bonds. The van der Waals surface area contributed by atoms with Gasteiger partial charge in [-0.25, -0.2) is 4.79 Å². The number of carbonyl (C=O) groups excluding carboxylic acids is 3. The number of esters is 1. The molecule has 1 fully saturated rings. The number of likely N-dealkylation sites (N-methyl/N-ethyl adjacent to an activating group) is 1. The van der Waals surface area contributed by atoms with E-state index in [0.717, 1.165) is 37.4 Å². The predicted molar refractivity (Wildman–Crippen MR) is 112 cm³/mol. The van der Waals surface area contributed by atoms with Gasteiger partial charge in [0.2, 0.25) is 5.91 Å². The van der Waals surface area contributed by atoms with Crippen molar-refractivity contribution >= 4 is 34.1 Å². The average Bonchev–Trinajstić information content (AvgIpc) is 3.25. The Bertz CT molecular complexity index is 736. The van der Waals surface area contributed by atoms with Gasteiger partial charge in [0.05, 0.1) is 23.6 Å². The summed E-state index contributed by atoms with van der Waals surface area (Å²) in [5.41, 5.74) is 5.95. The third-order valence-electron chi connectivity index (χ3n) is 4.92. The summed E-state index contributed by atoms with van der Waals surface area (Å²) in [6, 6.07) is 0.435. The number of anilines is 1. The highest BCUT2D eigenvalue weighted by atomic mass is 32.1. The van der Waals surface area contributed by atoms with Crippen LogP contribution in [0.3, 0.4) is 0 Å². The lowest BCUT2D eigenvalue weighted by molar-refractivity contribution is -0.115. The average molecular weight is 427 g/mol. The summed E-state index contributed by atoms with van der Waals surface area (Å²) in [5, 5.41) is 6.15. The lowest BCUT2D eigenvalue weighted by Gasteiger charge is -2.22. The number of carbonyl (C=O) groups is 3. The van der Waals surface area contributed by atoms with Gasteiger partial charge in [0, 0.05) is 19.7 Å². The number of thiophene rings is 1. The number of hydrogen-bond acceptors (Lipinski definition) is 8. The second kappa shape index (κ2) is 11.2. The van der Waals surface area contributed by atoms with E-state index in [9.17, 15) is 14.4 Å². The molecule has 1 atom stereocenters. The number of primary amides is 1. The highest BCUT2D eigenvalue weighted by Gasteiger charge is 2.26. The number of nitrogens with zero attached hydrogens (tertiary/aromatic N) is 1. The summed E-state index contributed by atoms with van der Waals surface area (Å²) < 4.78 is 10.0. The molecule has 0 bridgehead atoms. The lowest BCUT2D eigenvalue weighted by Crippen LogP contribution is -2.40. The van der Waals surface area contributed by atoms with Crippen LogP contribution in [0.1, 0.15) is 45.4 Å². The quantitative estimate of drug-likeness (QED) is 0.356. The first-order chi connectivity index (χ1) is 13.9. The number of nitrogens with two attached hydrogens (primary N) is 1. The molecule has 0 spiro atoms. The summed E-state index contributed by atoms with van der Waals surface area (Å²) in [6.45, 7) is 6.98. The number of likely N-dealkylation sites (tertiary alicyclic amines) is 1. The van der Waals surface area contributed by atoms with Crippen LogP contribution in [-0.4, -0.2) is 75.2 Å². The van der Waals surface area contributed by atoms with Crippen molar-refractivity contribution in [2.24, 2.45) is 5.73 Å². The van der Waals surface area contributed by atoms with Gasteiger partial charge in [-0.15, -0.1) is 11.3 Å². The van der Waals surface area contributed by atoms with Crippen molar-refractivity contribution in [1.29, 1.82) is 0 Å². The predicted octanol–water partition coefficient (Wildman–Crippen LogP) is 0.971. The van der Waals surface area contributed by atoms with Crippen LogP contribution in [0.25, 0.3) is 0 Å². The smallest absolute Gasteiger partial charge is 0.341 e. The molecule has 0 aromatic carbocycles. The van der Waals surface area contributed by atoms with Crippen molar-refractivity contribution in [3.63, 3.8) is 0 Å². The Labute approximate surface area is 174 Å². The fraction of sp³-hybridized carbons (Fsp3) is 0.632. The fourth-order valence-electron chi connectivity index (χ4n) is 3.44. The Hall–Kier alpha value is -2.01. The molecule has 1 aromatic rings. The number of ether oxygens (including phenoxy) is 2. The number of methoxy groups -OCH3 is 1. The van der Waals surface area contributed by atoms with Crippen LogP contribution in [0, 0.1) is 6.92 Å². The van der Waals surface area contributed by atoms with Gasteiger partial charge in [-0.05, 0) is 38.4 Å². The van der Waals surface area contributed by atoms with Crippen LogP contribution in [0.2, 0.25) is 0 Å². The van der Waals surface area contributed by atoms with Crippen molar-refractivity contribution in [2.75, 3.05) is 51.8 Å². The van der Waals surface area contributed by atoms with E-state index in [4.69, 9.17) is 15.2 Å². The number of hydrogen-bond donors (Lipinski definition) is 3. The van der Waals surface area contributed by atoms with E-state index in [0.29, 0.717) is 11.6 Å². The third kappa shape index (κ3) is 6.23. The Balaban J connectivity index is 2.00. The van der Waals surface area contributed by atoms with Gasteiger partial charge in [-0.2, -0.15) is 0 Å². The Morgan fingerprint density at radius 2 is 2.07 bits per heavy atom. The van der Waals surface area contributed by atoms with E-state index in [2.05, 4.69) is 22.5 Å². The van der Waals surface area contributed by atoms with Crippen molar-refractivity contribution < 1.29 is 23.9 Å². The standard InChI is InChI=1S/C19H30N4O5S/c1-4-23-7-5-6-13(23)10-21-11-14(24)22-18-15(19(26)28-9-8-27-3)12(2)16(29-18)17(20)25/h13,21H,4-11H2,1-3H3,(H2,20,25)(H,22,24)/t13-/m1/s1. The SMILES string of the molecule is CCN1CCC[C@@H]1CNCC(=O)Nc1sc(C(N)=O)c(C)c1C(=O)OCCOC. The Kier molecular flexibility index (Phi) is 9.02. The minimum absolute atomic E-state index is 0.0702. The van der Waals surface area contributed by atoms with Gasteiger partial charge in [0.15, 0.2) is 0 Å². The van der Waals surface area contributed by atoms with E-state index < -0.39 is 11.9 Å². The summed E-state index contributed by atoms with van der Waals surface area (Å²) in [6.07, 6.45) is 2.29. The summed E-state index contributed by atoms with van der Waals surface area (Å²) in [5.74, 6) is -1.58. The van der Waals surface area contributed by atoms with Gasteiger partial charge in [-0.1, -0.05) is 6.92 Å². The fourth-order valence-corrected chi connectivity index (χ4v) is 4.50. The minimum Gasteiger partial charge on any atom is -0.460 e. The van der Waals surface area contributed by atoms with Crippen LogP contribution < -0.4 is 16.4 Å². The van der Waals surface area contributed by atoms with Crippen LogP contribution in [-0.2, 0) is 14.3 Å². The zero-order valence-electron chi connectivity index (χ0n) is 17.2. The molecule has 4 N–H and O–H groups in total. The molecule has 29 heavy (non-hydrogen) atoms. The summed E-state index contributed by atoms with van der Waals surface area (Å²) in [7, 11) is 1.50. The van der Waals surface area contributed by atoms with Crippen LogP contribution in [0.4, 0.5) is 5.00 Å². The van der Waals surface area contributed by atoms with Gasteiger partial charge in [0.25, 0.3) is 5.91 Å².